The summed E-state index contributed by atoms with van der Waals surface area (Å²) < 4.78 is 0. The van der Waals surface area contributed by atoms with Gasteiger partial charge in [-0.15, -0.1) is 6.42 Å². The van der Waals surface area contributed by atoms with Crippen LogP contribution in [-0.4, -0.2) is 29.2 Å². The topological polar surface area (TPSA) is 78.4 Å². The van der Waals surface area contributed by atoms with Crippen LogP contribution < -0.4 is 10.6 Å². The summed E-state index contributed by atoms with van der Waals surface area (Å²) in [6, 6.07) is -0.373. The van der Waals surface area contributed by atoms with Crippen LogP contribution in [-0.2, 0) is 4.79 Å². The number of amides is 2. The minimum Gasteiger partial charge on any atom is -0.481 e. The van der Waals surface area contributed by atoms with Crippen molar-refractivity contribution in [3.63, 3.8) is 0 Å². The van der Waals surface area contributed by atoms with Crippen LogP contribution in [0.1, 0.15) is 40.5 Å². The molecule has 0 saturated carbocycles. The number of nitrogens with one attached hydrogen (secondary N) is 2. The lowest BCUT2D eigenvalue weighted by molar-refractivity contribution is -0.138. The lowest BCUT2D eigenvalue weighted by Gasteiger charge is -2.22. The second-order valence-corrected chi connectivity index (χ2v) is 5.70. The second-order valence-electron chi connectivity index (χ2n) is 5.70. The smallest absolute Gasteiger partial charge is 0.315 e. The Balaban J connectivity index is 4.28. The van der Waals surface area contributed by atoms with Crippen LogP contribution in [0.3, 0.4) is 0 Å². The Hall–Kier alpha value is -1.70. The van der Waals surface area contributed by atoms with Gasteiger partial charge in [-0.3, -0.25) is 4.79 Å². The molecule has 0 aliphatic carbocycles. The quantitative estimate of drug-likeness (QED) is 0.616. The zero-order chi connectivity index (χ0) is 15.1. The summed E-state index contributed by atoms with van der Waals surface area (Å²) in [4.78, 5) is 22.4. The standard InChI is InChI=1S/C14H24N2O3/c1-6-14(4,5)16-13(19)15-9-11(7-10(2)3)8-12(17)18/h1,10-11H,7-9H2,2-5H3,(H,17,18)(H2,15,16,19)/t11-/m0/s1. The van der Waals surface area contributed by atoms with Crippen molar-refractivity contribution in [2.45, 2.75) is 46.1 Å². The number of urea groups is 1. The van der Waals surface area contributed by atoms with Crippen molar-refractivity contribution in [3.8, 4) is 12.3 Å². The molecule has 0 unspecified atom stereocenters. The maximum atomic E-state index is 11.6. The van der Waals surface area contributed by atoms with E-state index in [4.69, 9.17) is 11.5 Å². The Bertz CT molecular complexity index is 356. The average Bonchev–Trinajstić information content (AvgIpc) is 2.24. The number of hydrogen-bond donors (Lipinski definition) is 3. The summed E-state index contributed by atoms with van der Waals surface area (Å²) in [7, 11) is 0. The van der Waals surface area contributed by atoms with E-state index in [0.29, 0.717) is 12.5 Å². The molecule has 0 saturated heterocycles. The molecule has 2 amide bonds. The number of rotatable bonds is 7. The molecule has 1 atom stereocenters. The van der Waals surface area contributed by atoms with Gasteiger partial charge in [0, 0.05) is 13.0 Å². The fourth-order valence-corrected chi connectivity index (χ4v) is 1.75. The molecule has 0 aromatic heterocycles. The molecule has 5 heteroatoms. The third kappa shape index (κ3) is 8.95. The molecular weight excluding hydrogens is 244 g/mol. The van der Waals surface area contributed by atoms with E-state index in [1.54, 1.807) is 13.8 Å². The van der Waals surface area contributed by atoms with E-state index in [9.17, 15) is 9.59 Å². The number of carboxylic acids is 1. The number of hydrogen-bond acceptors (Lipinski definition) is 2. The molecule has 0 aromatic carbocycles. The van der Waals surface area contributed by atoms with E-state index in [-0.39, 0.29) is 18.4 Å². The van der Waals surface area contributed by atoms with Gasteiger partial charge in [-0.25, -0.2) is 4.79 Å². The molecule has 0 heterocycles. The summed E-state index contributed by atoms with van der Waals surface area (Å²) in [5, 5.41) is 14.1. The monoisotopic (exact) mass is 268 g/mol. The molecule has 5 nitrogen and oxygen atoms in total. The highest BCUT2D eigenvalue weighted by atomic mass is 16.4. The molecule has 0 aromatic rings. The molecule has 0 rings (SSSR count). The summed E-state index contributed by atoms with van der Waals surface area (Å²) in [5.74, 6) is 1.92. The number of aliphatic carboxylic acids is 1. The maximum Gasteiger partial charge on any atom is 0.315 e. The molecule has 0 bridgehead atoms. The summed E-state index contributed by atoms with van der Waals surface area (Å²) in [5.41, 5.74) is -0.718. The predicted octanol–water partition coefficient (Wildman–Crippen LogP) is 1.83. The average molecular weight is 268 g/mol. The molecule has 0 aliphatic heterocycles. The van der Waals surface area contributed by atoms with E-state index < -0.39 is 11.5 Å². The number of carbonyl (C=O) groups is 2. The summed E-state index contributed by atoms with van der Waals surface area (Å²) >= 11 is 0. The van der Waals surface area contributed by atoms with Crippen molar-refractivity contribution in [1.29, 1.82) is 0 Å². The summed E-state index contributed by atoms with van der Waals surface area (Å²) in [6.45, 7) is 7.81. The van der Waals surface area contributed by atoms with Crippen LogP contribution >= 0.6 is 0 Å². The first-order valence-corrected chi connectivity index (χ1v) is 6.42. The van der Waals surface area contributed by atoms with Crippen molar-refractivity contribution in [3.05, 3.63) is 0 Å². The van der Waals surface area contributed by atoms with Crippen molar-refractivity contribution in [2.24, 2.45) is 11.8 Å². The van der Waals surface area contributed by atoms with Crippen molar-refractivity contribution >= 4 is 12.0 Å². The first-order chi connectivity index (χ1) is 8.66. The van der Waals surface area contributed by atoms with Crippen molar-refractivity contribution in [2.75, 3.05) is 6.54 Å². The third-order valence-corrected chi connectivity index (χ3v) is 2.61. The molecule has 108 valence electrons. The van der Waals surface area contributed by atoms with Crippen LogP contribution in [0.2, 0.25) is 0 Å². The van der Waals surface area contributed by atoms with Crippen LogP contribution in [0.15, 0.2) is 0 Å². The van der Waals surface area contributed by atoms with Crippen LogP contribution in [0.5, 0.6) is 0 Å². The van der Waals surface area contributed by atoms with E-state index >= 15 is 0 Å². The number of carbonyl (C=O) groups excluding carboxylic acids is 1. The maximum absolute atomic E-state index is 11.6. The van der Waals surface area contributed by atoms with Crippen LogP contribution in [0.4, 0.5) is 4.79 Å². The fourth-order valence-electron chi connectivity index (χ4n) is 1.75. The van der Waals surface area contributed by atoms with Gasteiger partial charge in [-0.2, -0.15) is 0 Å². The van der Waals surface area contributed by atoms with Crippen molar-refractivity contribution in [1.82, 2.24) is 10.6 Å². The molecule has 0 aliphatic rings. The Morgan fingerprint density at radius 3 is 2.37 bits per heavy atom. The van der Waals surface area contributed by atoms with Crippen LogP contribution in [0, 0.1) is 24.2 Å². The number of terminal acetylenes is 1. The minimum absolute atomic E-state index is 0.0526. The zero-order valence-corrected chi connectivity index (χ0v) is 12.1. The van der Waals surface area contributed by atoms with Gasteiger partial charge in [0.05, 0.1) is 5.54 Å². The van der Waals surface area contributed by atoms with E-state index in [1.807, 2.05) is 13.8 Å². The molecule has 0 spiro atoms. The van der Waals surface area contributed by atoms with E-state index in [2.05, 4.69) is 16.6 Å². The van der Waals surface area contributed by atoms with E-state index in [0.717, 1.165) is 6.42 Å². The van der Waals surface area contributed by atoms with Gasteiger partial charge in [-0.05, 0) is 32.1 Å². The Morgan fingerprint density at radius 1 is 1.37 bits per heavy atom. The van der Waals surface area contributed by atoms with Gasteiger partial charge >= 0.3 is 12.0 Å². The molecule has 0 fully saturated rings. The molecule has 0 radical (unpaired) electrons. The lowest BCUT2D eigenvalue weighted by atomic mass is 9.94. The Morgan fingerprint density at radius 2 is 1.95 bits per heavy atom. The Kier molecular flexibility index (Phi) is 6.99. The van der Waals surface area contributed by atoms with Gasteiger partial charge in [0.2, 0.25) is 0 Å². The summed E-state index contributed by atoms with van der Waals surface area (Å²) in [6.07, 6.45) is 6.08. The van der Waals surface area contributed by atoms with Gasteiger partial charge in [-0.1, -0.05) is 19.8 Å². The normalized spacial score (nSPS) is 12.6. The fraction of sp³-hybridized carbons (Fsp3) is 0.714. The highest BCUT2D eigenvalue weighted by molar-refractivity contribution is 5.75. The van der Waals surface area contributed by atoms with Gasteiger partial charge in [0.1, 0.15) is 0 Å². The van der Waals surface area contributed by atoms with Gasteiger partial charge < -0.3 is 15.7 Å². The molecule has 3 N–H and O–H groups in total. The van der Waals surface area contributed by atoms with Gasteiger partial charge in [0.25, 0.3) is 0 Å². The Labute approximate surface area is 115 Å². The first-order valence-electron chi connectivity index (χ1n) is 6.42. The lowest BCUT2D eigenvalue weighted by Crippen LogP contribution is -2.48. The largest absolute Gasteiger partial charge is 0.481 e. The SMILES string of the molecule is C#CC(C)(C)NC(=O)NC[C@H](CC(=O)O)CC(C)C. The zero-order valence-electron chi connectivity index (χ0n) is 12.1. The first kappa shape index (κ1) is 17.3. The van der Waals surface area contributed by atoms with Gasteiger partial charge in [0.15, 0.2) is 0 Å². The molecular formula is C14H24N2O3. The van der Waals surface area contributed by atoms with E-state index in [1.165, 1.54) is 0 Å². The highest BCUT2D eigenvalue weighted by Crippen LogP contribution is 2.14. The minimum atomic E-state index is -0.850. The highest BCUT2D eigenvalue weighted by Gasteiger charge is 2.19. The van der Waals surface area contributed by atoms with Crippen molar-refractivity contribution < 1.29 is 14.7 Å². The molecule has 19 heavy (non-hydrogen) atoms. The number of carboxylic acid groups (broad SMARTS) is 1. The second kappa shape index (κ2) is 7.67. The van der Waals surface area contributed by atoms with Crippen LogP contribution in [0.25, 0.3) is 0 Å². The predicted molar refractivity (Wildman–Crippen MR) is 74.6 cm³/mol. The third-order valence-electron chi connectivity index (χ3n) is 2.61.